The van der Waals surface area contributed by atoms with Crippen molar-refractivity contribution < 1.29 is 9.59 Å². The van der Waals surface area contributed by atoms with Crippen LogP contribution in [0.25, 0.3) is 0 Å². The summed E-state index contributed by atoms with van der Waals surface area (Å²) in [5.74, 6) is -0.606. The molecule has 0 atom stereocenters. The van der Waals surface area contributed by atoms with E-state index in [9.17, 15) is 9.59 Å². The van der Waals surface area contributed by atoms with Crippen molar-refractivity contribution in [2.75, 3.05) is 11.9 Å². The molecule has 0 aliphatic heterocycles. The Balaban J connectivity index is 1.99. The van der Waals surface area contributed by atoms with E-state index < -0.39 is 5.91 Å². The van der Waals surface area contributed by atoms with Gasteiger partial charge in [0.2, 0.25) is 5.91 Å². The zero-order valence-corrected chi connectivity index (χ0v) is 14.3. The van der Waals surface area contributed by atoms with Crippen molar-refractivity contribution in [3.8, 4) is 0 Å². The highest BCUT2D eigenvalue weighted by Crippen LogP contribution is 2.22. The Hall–Kier alpha value is -2.05. The number of nitrogens with two attached hydrogens (primary N) is 1. The standard InChI is InChI=1S/C16H18ClN3O2S/c1-2-5-19-16(22)13-4-3-11(7-14(13)17)20-8-12-6-10(9-23-12)15(18)21/h3-4,6-7,9,20H,2,5,8H2,1H3,(H2,18,21)(H,19,22). The molecule has 2 aromatic rings. The number of primary amides is 1. The first-order valence-electron chi connectivity index (χ1n) is 7.20. The SMILES string of the molecule is CCCNC(=O)c1ccc(NCc2cc(C(N)=O)cs2)cc1Cl. The predicted molar refractivity (Wildman–Crippen MR) is 94.2 cm³/mol. The zero-order chi connectivity index (χ0) is 16.8. The van der Waals surface area contributed by atoms with E-state index in [0.29, 0.717) is 29.2 Å². The van der Waals surface area contributed by atoms with Crippen molar-refractivity contribution in [2.45, 2.75) is 19.9 Å². The Morgan fingerprint density at radius 2 is 2.09 bits per heavy atom. The van der Waals surface area contributed by atoms with Crippen LogP contribution in [0.5, 0.6) is 0 Å². The molecule has 2 amide bonds. The second-order valence-electron chi connectivity index (χ2n) is 4.97. The molecule has 0 spiro atoms. The lowest BCUT2D eigenvalue weighted by Gasteiger charge is -2.09. The minimum absolute atomic E-state index is 0.173. The van der Waals surface area contributed by atoms with Gasteiger partial charge in [0.15, 0.2) is 0 Å². The molecule has 23 heavy (non-hydrogen) atoms. The number of hydrogen-bond donors (Lipinski definition) is 3. The third-order valence-electron chi connectivity index (χ3n) is 3.15. The molecule has 0 bridgehead atoms. The van der Waals surface area contributed by atoms with Crippen LogP contribution in [0.4, 0.5) is 5.69 Å². The Labute approximate surface area is 143 Å². The van der Waals surface area contributed by atoms with Gasteiger partial charge in [-0.3, -0.25) is 9.59 Å². The van der Waals surface area contributed by atoms with Crippen molar-refractivity contribution in [1.82, 2.24) is 5.32 Å². The van der Waals surface area contributed by atoms with Crippen molar-refractivity contribution >= 4 is 40.4 Å². The minimum atomic E-state index is -0.432. The van der Waals surface area contributed by atoms with Crippen LogP contribution < -0.4 is 16.4 Å². The van der Waals surface area contributed by atoms with Gasteiger partial charge in [-0.2, -0.15) is 0 Å². The van der Waals surface area contributed by atoms with E-state index >= 15 is 0 Å². The first kappa shape index (κ1) is 17.3. The molecule has 5 nitrogen and oxygen atoms in total. The fraction of sp³-hybridized carbons (Fsp3) is 0.250. The lowest BCUT2D eigenvalue weighted by molar-refractivity contribution is 0.0952. The molecule has 1 heterocycles. The monoisotopic (exact) mass is 351 g/mol. The average molecular weight is 352 g/mol. The van der Waals surface area contributed by atoms with E-state index in [1.54, 1.807) is 29.6 Å². The van der Waals surface area contributed by atoms with E-state index in [4.69, 9.17) is 17.3 Å². The highest BCUT2D eigenvalue weighted by atomic mass is 35.5. The molecule has 2 rings (SSSR count). The van der Waals surface area contributed by atoms with E-state index in [1.165, 1.54) is 11.3 Å². The Bertz CT molecular complexity index is 715. The van der Waals surface area contributed by atoms with Crippen molar-refractivity contribution in [3.63, 3.8) is 0 Å². The van der Waals surface area contributed by atoms with Crippen LogP contribution in [0, 0.1) is 0 Å². The smallest absolute Gasteiger partial charge is 0.252 e. The van der Waals surface area contributed by atoms with Crippen molar-refractivity contribution in [1.29, 1.82) is 0 Å². The maximum atomic E-state index is 11.9. The van der Waals surface area contributed by atoms with Gasteiger partial charge in [-0.25, -0.2) is 0 Å². The first-order valence-corrected chi connectivity index (χ1v) is 8.46. The van der Waals surface area contributed by atoms with Crippen LogP contribution in [0.2, 0.25) is 5.02 Å². The summed E-state index contributed by atoms with van der Waals surface area (Å²) < 4.78 is 0. The van der Waals surface area contributed by atoms with Gasteiger partial charge < -0.3 is 16.4 Å². The molecule has 0 aliphatic carbocycles. The highest BCUT2D eigenvalue weighted by molar-refractivity contribution is 7.10. The number of amides is 2. The molecule has 1 aromatic heterocycles. The molecule has 0 fully saturated rings. The normalized spacial score (nSPS) is 10.3. The van der Waals surface area contributed by atoms with Gasteiger partial charge >= 0.3 is 0 Å². The predicted octanol–water partition coefficient (Wildman–Crippen LogP) is 3.25. The number of rotatable bonds is 7. The van der Waals surface area contributed by atoms with E-state index in [0.717, 1.165) is 17.0 Å². The number of benzene rings is 1. The van der Waals surface area contributed by atoms with E-state index in [2.05, 4.69) is 10.6 Å². The number of carbonyl (C=O) groups excluding carboxylic acids is 2. The third-order valence-corrected chi connectivity index (χ3v) is 4.40. The van der Waals surface area contributed by atoms with E-state index in [-0.39, 0.29) is 5.91 Å². The summed E-state index contributed by atoms with van der Waals surface area (Å²) in [6, 6.07) is 6.97. The molecule has 0 aliphatic rings. The van der Waals surface area contributed by atoms with Gasteiger partial charge in [-0.15, -0.1) is 11.3 Å². The number of anilines is 1. The molecule has 122 valence electrons. The highest BCUT2D eigenvalue weighted by Gasteiger charge is 2.10. The summed E-state index contributed by atoms with van der Waals surface area (Å²) in [4.78, 5) is 24.0. The van der Waals surface area contributed by atoms with Crippen LogP contribution in [0.15, 0.2) is 29.6 Å². The second kappa shape index (κ2) is 7.99. The summed E-state index contributed by atoms with van der Waals surface area (Å²) in [5.41, 5.74) is 6.99. The summed E-state index contributed by atoms with van der Waals surface area (Å²) in [6.07, 6.45) is 0.872. The van der Waals surface area contributed by atoms with Crippen LogP contribution >= 0.6 is 22.9 Å². The van der Waals surface area contributed by atoms with Gasteiger partial charge in [-0.05, 0) is 30.7 Å². The summed E-state index contributed by atoms with van der Waals surface area (Å²) in [5, 5.41) is 8.13. The third kappa shape index (κ3) is 4.71. The molecule has 0 saturated heterocycles. The number of halogens is 1. The topological polar surface area (TPSA) is 84.2 Å². The summed E-state index contributed by atoms with van der Waals surface area (Å²) in [7, 11) is 0. The Kier molecular flexibility index (Phi) is 6.01. The summed E-state index contributed by atoms with van der Waals surface area (Å²) in [6.45, 7) is 3.16. The molecule has 4 N–H and O–H groups in total. The Morgan fingerprint density at radius 3 is 2.70 bits per heavy atom. The van der Waals surface area contributed by atoms with Gasteiger partial charge in [-0.1, -0.05) is 18.5 Å². The van der Waals surface area contributed by atoms with Crippen LogP contribution in [-0.4, -0.2) is 18.4 Å². The van der Waals surface area contributed by atoms with Crippen LogP contribution in [0.1, 0.15) is 38.9 Å². The van der Waals surface area contributed by atoms with E-state index in [1.807, 2.05) is 6.92 Å². The number of nitrogens with one attached hydrogen (secondary N) is 2. The number of thiophene rings is 1. The maximum Gasteiger partial charge on any atom is 0.252 e. The lowest BCUT2D eigenvalue weighted by Crippen LogP contribution is -2.24. The molecule has 7 heteroatoms. The van der Waals surface area contributed by atoms with Crippen LogP contribution in [-0.2, 0) is 6.54 Å². The molecular weight excluding hydrogens is 334 g/mol. The lowest BCUT2D eigenvalue weighted by atomic mass is 10.2. The molecule has 0 unspecified atom stereocenters. The molecule has 1 aromatic carbocycles. The van der Waals surface area contributed by atoms with Gasteiger partial charge in [0.25, 0.3) is 5.91 Å². The molecular formula is C16H18ClN3O2S. The number of hydrogen-bond acceptors (Lipinski definition) is 4. The largest absolute Gasteiger partial charge is 0.380 e. The van der Waals surface area contributed by atoms with Crippen LogP contribution in [0.3, 0.4) is 0 Å². The first-order chi connectivity index (χ1) is 11.0. The summed E-state index contributed by atoms with van der Waals surface area (Å²) >= 11 is 7.63. The minimum Gasteiger partial charge on any atom is -0.380 e. The number of carbonyl (C=O) groups is 2. The Morgan fingerprint density at radius 1 is 1.30 bits per heavy atom. The molecule has 0 saturated carbocycles. The quantitative estimate of drug-likeness (QED) is 0.715. The van der Waals surface area contributed by atoms with Gasteiger partial charge in [0, 0.05) is 29.0 Å². The van der Waals surface area contributed by atoms with Crippen molar-refractivity contribution in [2.24, 2.45) is 5.73 Å². The zero-order valence-electron chi connectivity index (χ0n) is 12.7. The second-order valence-corrected chi connectivity index (χ2v) is 6.37. The van der Waals surface area contributed by atoms with Crippen molar-refractivity contribution in [3.05, 3.63) is 50.7 Å². The maximum absolute atomic E-state index is 11.9. The fourth-order valence-electron chi connectivity index (χ4n) is 1.93. The van der Waals surface area contributed by atoms with Gasteiger partial charge in [0.1, 0.15) is 0 Å². The fourth-order valence-corrected chi connectivity index (χ4v) is 3.01. The van der Waals surface area contributed by atoms with Gasteiger partial charge in [0.05, 0.1) is 16.1 Å². The average Bonchev–Trinajstić information content (AvgIpc) is 3.00. The molecule has 0 radical (unpaired) electrons.